The Bertz CT molecular complexity index is 6720. The fourth-order valence-corrected chi connectivity index (χ4v) is 17.6. The molecule has 0 saturated heterocycles. The Kier molecular flexibility index (Phi) is 22.4. The molecule has 0 fully saturated rings. The average Bonchev–Trinajstić information content (AvgIpc) is 1.73. The second-order valence-corrected chi connectivity index (χ2v) is 42.8. The van der Waals surface area contributed by atoms with Gasteiger partial charge in [0.15, 0.2) is 0 Å². The Morgan fingerprint density at radius 2 is 0.500 bits per heavy atom. The third-order valence-corrected chi connectivity index (χ3v) is 25.0. The summed E-state index contributed by atoms with van der Waals surface area (Å²) in [5, 5.41) is 0. The molecule has 0 radical (unpaired) electrons. The average molecular weight is 1680 g/mol. The lowest BCUT2D eigenvalue weighted by Crippen LogP contribution is -2.34. The van der Waals surface area contributed by atoms with E-state index in [1.54, 1.807) is 25.1 Å². The molecule has 0 aliphatic rings. The Labute approximate surface area is 770 Å². The maximum atomic E-state index is 9.02. The Balaban J connectivity index is 0.000000173. The highest BCUT2D eigenvalue weighted by atomic mass is 15.2. The monoisotopic (exact) mass is 1680 g/mol. The lowest BCUT2D eigenvalue weighted by atomic mass is 9.78. The number of benzene rings is 12. The van der Waals surface area contributed by atoms with Crippen LogP contribution in [-0.4, -0.2) is 13.7 Å². The van der Waals surface area contributed by atoms with Crippen LogP contribution in [0.1, 0.15) is 263 Å². The minimum Gasteiger partial charge on any atom is -0.199 e. The van der Waals surface area contributed by atoms with Crippen LogP contribution in [0, 0.1) is 48.5 Å². The van der Waals surface area contributed by atoms with Gasteiger partial charge in [-0.1, -0.05) is 408 Å². The minimum atomic E-state index is -0.502. The zero-order valence-electron chi connectivity index (χ0n) is 90.2. The van der Waals surface area contributed by atoms with Crippen molar-refractivity contribution in [2.45, 2.75) is 258 Å². The van der Waals surface area contributed by atoms with Gasteiger partial charge >= 0.3 is 0 Å². The Hall–Kier alpha value is -11.7. The van der Waals surface area contributed by atoms with Crippen molar-refractivity contribution in [1.29, 1.82) is 0 Å². The first-order chi connectivity index (χ1) is 62.7. The second kappa shape index (κ2) is 35.2. The van der Waals surface area contributed by atoms with Crippen LogP contribution in [0.15, 0.2) is 292 Å². The van der Waals surface area contributed by atoms with Gasteiger partial charge in [0.2, 0.25) is 0 Å². The highest BCUT2D eigenvalue weighted by Gasteiger charge is 2.35. The summed E-state index contributed by atoms with van der Waals surface area (Å²) >= 11 is 0. The van der Waals surface area contributed by atoms with Crippen LogP contribution < -0.4 is 13.7 Å². The van der Waals surface area contributed by atoms with E-state index in [4.69, 9.17) is 12.3 Å². The molecule has 0 N–H and O–H groups in total. The lowest BCUT2D eigenvalue weighted by molar-refractivity contribution is -0.600. The van der Waals surface area contributed by atoms with Crippen molar-refractivity contribution in [2.75, 3.05) is 0 Å². The van der Waals surface area contributed by atoms with Crippen molar-refractivity contribution in [3.63, 3.8) is 0 Å². The van der Waals surface area contributed by atoms with Gasteiger partial charge in [0.25, 0.3) is 17.5 Å². The van der Waals surface area contributed by atoms with Crippen molar-refractivity contribution in [3.05, 3.63) is 376 Å². The Morgan fingerprint density at radius 1 is 0.238 bits per heavy atom. The van der Waals surface area contributed by atoms with E-state index in [0.717, 1.165) is 17.1 Å². The summed E-state index contributed by atoms with van der Waals surface area (Å²) in [4.78, 5) is 0. The number of rotatable bonds is 12. The minimum absolute atomic E-state index is 0.0126. The normalized spacial score (nSPS) is 13.4. The van der Waals surface area contributed by atoms with Gasteiger partial charge in [0.05, 0.1) is 12.3 Å². The van der Waals surface area contributed by atoms with Crippen LogP contribution in [0.4, 0.5) is 0 Å². The van der Waals surface area contributed by atoms with Crippen LogP contribution >= 0.6 is 0 Å². The molecular formula is C120H141N6+3. The van der Waals surface area contributed by atoms with E-state index in [9.17, 15) is 0 Å². The van der Waals surface area contributed by atoms with Crippen LogP contribution in [0.2, 0.25) is 0 Å². The summed E-state index contributed by atoms with van der Waals surface area (Å²) in [7, 11) is 0. The first-order valence-electron chi connectivity index (χ1n) is 49.4. The fourth-order valence-electron chi connectivity index (χ4n) is 17.6. The van der Waals surface area contributed by atoms with Crippen molar-refractivity contribution in [3.8, 4) is 101 Å². The molecule has 648 valence electrons. The zero-order valence-corrected chi connectivity index (χ0v) is 81.2. The van der Waals surface area contributed by atoms with E-state index in [1.807, 2.05) is 23.9 Å². The maximum absolute atomic E-state index is 9.02. The predicted octanol–water partition coefficient (Wildman–Crippen LogP) is 30.8. The van der Waals surface area contributed by atoms with Crippen molar-refractivity contribution < 1.29 is 26.0 Å². The summed E-state index contributed by atoms with van der Waals surface area (Å²) in [6, 6.07) is 69.3. The van der Waals surface area contributed by atoms with E-state index in [-0.39, 0.29) is 96.3 Å². The third-order valence-electron chi connectivity index (χ3n) is 25.0. The summed E-state index contributed by atoms with van der Waals surface area (Å²) in [5.74, 6) is 3.07. The molecule has 0 aliphatic heterocycles. The molecule has 6 heteroatoms. The quantitative estimate of drug-likeness (QED) is 0.109. The van der Waals surface area contributed by atoms with Gasteiger partial charge in [-0.05, 0) is 184 Å². The zero-order chi connectivity index (χ0) is 99.3. The van der Waals surface area contributed by atoms with Gasteiger partial charge in [-0.25, -0.2) is 0 Å². The smallest absolute Gasteiger partial charge is 0.199 e. The Morgan fingerprint density at radius 3 is 0.778 bits per heavy atom. The van der Waals surface area contributed by atoms with E-state index in [0.29, 0.717) is 16.8 Å². The molecule has 3 aromatic heterocycles. The molecule has 6 nitrogen and oxygen atoms in total. The first-order valence-corrected chi connectivity index (χ1v) is 44.9. The highest BCUT2D eigenvalue weighted by molar-refractivity contribution is 5.86. The van der Waals surface area contributed by atoms with Crippen LogP contribution in [0.25, 0.3) is 101 Å². The van der Waals surface area contributed by atoms with Gasteiger partial charge in [-0.3, -0.25) is 0 Å². The molecule has 12 aromatic carbocycles. The van der Waals surface area contributed by atoms with Crippen LogP contribution in [-0.2, 0) is 43.3 Å². The number of hydrogen-bond donors (Lipinski definition) is 0. The van der Waals surface area contributed by atoms with E-state index in [2.05, 4.69) is 430 Å². The standard InChI is InChI=1S/C45H57N2.C38H43N2.C37H41N2/c1-30-39(45(12,13)14)28-36(44(9,10)11)29-40(30)46-26-27-47(31(46)2)41-37(32-18-22-34(23-19-32)42(3,4)5)16-15-17-38(41)33-20-24-35(25-21-33)43(6,7)8;1-26-15-13-18-30(23-26)33-20-14-19-32(29-16-11-10-12-17-29)36(33)40-22-21-39(28(40)3)35-25-31(37(4,5)6)24-34(27(35)2)38(7,8)9;1-26-33(37(6,7)8)24-30(36(3,4)5)25-34(26)38-22-23-39(27(38)2)35-31(28-16-11-9-12-17-28)20-15-21-32(35)29-18-13-10-14-19-29/h15-29H,1-14H3;10-25H,1-9H3;9-25H,1-8H3/q3*+1/i;10D,11D,12D,13D,15D,16D,17D,18D,23D;. The number of imidazole rings is 3. The van der Waals surface area contributed by atoms with Crippen molar-refractivity contribution in [1.82, 2.24) is 13.7 Å². The van der Waals surface area contributed by atoms with Gasteiger partial charge in [-0.2, -0.15) is 27.4 Å². The molecule has 0 saturated carbocycles. The summed E-state index contributed by atoms with van der Waals surface area (Å²) in [6.45, 7) is 69.2. The number of aromatic nitrogens is 6. The molecule has 0 amide bonds. The van der Waals surface area contributed by atoms with Gasteiger partial charge < -0.3 is 0 Å². The van der Waals surface area contributed by atoms with Crippen LogP contribution in [0.3, 0.4) is 0 Å². The molecule has 0 unspecified atom stereocenters. The van der Waals surface area contributed by atoms with Crippen molar-refractivity contribution in [2.24, 2.45) is 0 Å². The highest BCUT2D eigenvalue weighted by Crippen LogP contribution is 2.44. The number of nitrogens with zero attached hydrogens (tertiary/aromatic N) is 6. The van der Waals surface area contributed by atoms with Crippen LogP contribution in [0.5, 0.6) is 0 Å². The van der Waals surface area contributed by atoms with E-state index in [1.165, 1.54) is 135 Å². The molecular weight excluding hydrogens is 1530 g/mol. The number of hydrogen-bond acceptors (Lipinski definition) is 0. The largest absolute Gasteiger partial charge is 0.263 e. The fraction of sp³-hybridized carbons (Fsp3) is 0.325. The third kappa shape index (κ3) is 19.5. The number of para-hydroxylation sites is 3. The molecule has 126 heavy (non-hydrogen) atoms. The predicted molar refractivity (Wildman–Crippen MR) is 537 cm³/mol. The molecule has 0 aliphatic carbocycles. The topological polar surface area (TPSA) is 26.4 Å². The maximum Gasteiger partial charge on any atom is 0.263 e. The van der Waals surface area contributed by atoms with E-state index >= 15 is 0 Å². The summed E-state index contributed by atoms with van der Waals surface area (Å²) in [5.41, 5.74) is 31.6. The van der Waals surface area contributed by atoms with Crippen molar-refractivity contribution >= 4 is 0 Å². The van der Waals surface area contributed by atoms with E-state index < -0.39 is 18.1 Å². The molecule has 0 spiro atoms. The second-order valence-electron chi connectivity index (χ2n) is 42.8. The van der Waals surface area contributed by atoms with Gasteiger partial charge in [-0.15, -0.1) is 0 Å². The summed E-state index contributed by atoms with van der Waals surface area (Å²) < 4.78 is 91.0. The van der Waals surface area contributed by atoms with Gasteiger partial charge in [0, 0.05) is 54.2 Å². The lowest BCUT2D eigenvalue weighted by Gasteiger charge is -2.27. The molecule has 0 atom stereocenters. The van der Waals surface area contributed by atoms with Gasteiger partial charge in [0.1, 0.15) is 71.3 Å². The molecule has 3 heterocycles. The SMILES string of the molecule is Cc1c(-n2cc[n+](-c3c(-c4ccc(C(C)(C)C)cc4)cccc3-c3ccc(C(C)(C)C)cc3)c2C)cc(C(C)(C)C)cc1C(C)(C)C.Cc1c(-n2cc[n+](-c3c(-c4ccccc4)cccc3-c3ccccc3)c2C)cc(C(C)(C)C)cc1C(C)(C)C.[2H]c1c([2H])c([2H])c(-c2cccc(-c3c([2H])c([2H])c([2H])c(C)c3[2H])c2-[n+]2ccn(-c3cc(C(C)(C)C)cc(C(C)(C)C)c3C)c2C)c([2H])c1[2H]. The summed E-state index contributed by atoms with van der Waals surface area (Å²) in [6.07, 6.45) is 12.7. The molecule has 15 rings (SSSR count). The molecule has 0 bridgehead atoms. The molecule has 15 aromatic rings. The first kappa shape index (κ1) is 80.1.